The van der Waals surface area contributed by atoms with Crippen molar-refractivity contribution >= 4 is 11.9 Å². The molecule has 0 unspecified atom stereocenters. The topological polar surface area (TPSA) is 95.1 Å². The monoisotopic (exact) mass is 267 g/mol. The summed E-state index contributed by atoms with van der Waals surface area (Å²) in [5.74, 6) is -1.12. The number of nitrogens with one attached hydrogen (secondary N) is 2. The lowest BCUT2D eigenvalue weighted by Crippen LogP contribution is -2.37. The van der Waals surface area contributed by atoms with Gasteiger partial charge < -0.3 is 15.4 Å². The van der Waals surface area contributed by atoms with Crippen LogP contribution in [-0.4, -0.2) is 33.5 Å². The van der Waals surface area contributed by atoms with Crippen molar-refractivity contribution in [3.05, 3.63) is 18.2 Å². The first kappa shape index (κ1) is 15.2. The maximum absolute atomic E-state index is 11.8. The van der Waals surface area contributed by atoms with Gasteiger partial charge in [-0.3, -0.25) is 9.59 Å². The molecule has 19 heavy (non-hydrogen) atoms. The fourth-order valence-electron chi connectivity index (χ4n) is 2.01. The third-order valence-corrected chi connectivity index (χ3v) is 3.58. The second-order valence-corrected chi connectivity index (χ2v) is 4.65. The highest BCUT2D eigenvalue weighted by molar-refractivity contribution is 5.84. The Bertz CT molecular complexity index is 411. The molecule has 1 rings (SSSR count). The van der Waals surface area contributed by atoms with Gasteiger partial charge in [-0.05, 0) is 12.8 Å². The van der Waals surface area contributed by atoms with Crippen LogP contribution in [0.4, 0.5) is 0 Å². The number of nitrogens with zero attached hydrogens (tertiary/aromatic N) is 1. The van der Waals surface area contributed by atoms with Crippen LogP contribution in [0.3, 0.4) is 0 Å². The molecule has 0 aliphatic carbocycles. The van der Waals surface area contributed by atoms with Crippen LogP contribution in [0.2, 0.25) is 0 Å². The molecular formula is C13H21N3O3. The first-order valence-electron chi connectivity index (χ1n) is 6.51. The minimum atomic E-state index is -0.946. The van der Waals surface area contributed by atoms with Gasteiger partial charge in [-0.15, -0.1) is 0 Å². The summed E-state index contributed by atoms with van der Waals surface area (Å²) in [6, 6.07) is 0. The van der Waals surface area contributed by atoms with Gasteiger partial charge in [0, 0.05) is 31.3 Å². The molecule has 3 N–H and O–H groups in total. The van der Waals surface area contributed by atoms with Gasteiger partial charge in [0.15, 0.2) is 0 Å². The van der Waals surface area contributed by atoms with Gasteiger partial charge in [-0.25, -0.2) is 4.98 Å². The lowest BCUT2D eigenvalue weighted by molar-refractivity contribution is -0.152. The number of carboxylic acids is 1. The molecule has 6 nitrogen and oxygen atoms in total. The molecule has 0 aliphatic heterocycles. The number of hydrogen-bond donors (Lipinski definition) is 3. The zero-order valence-corrected chi connectivity index (χ0v) is 11.4. The van der Waals surface area contributed by atoms with Crippen LogP contribution in [0.1, 0.15) is 38.8 Å². The highest BCUT2D eigenvalue weighted by atomic mass is 16.4. The number of carbonyl (C=O) groups excluding carboxylic acids is 1. The van der Waals surface area contributed by atoms with Crippen molar-refractivity contribution in [2.45, 2.75) is 39.5 Å². The number of aromatic nitrogens is 2. The van der Waals surface area contributed by atoms with Crippen LogP contribution in [0.25, 0.3) is 0 Å². The van der Waals surface area contributed by atoms with E-state index in [1.165, 1.54) is 0 Å². The van der Waals surface area contributed by atoms with Crippen LogP contribution in [0, 0.1) is 5.41 Å². The van der Waals surface area contributed by atoms with Crippen LogP contribution < -0.4 is 5.32 Å². The maximum Gasteiger partial charge on any atom is 0.310 e. The van der Waals surface area contributed by atoms with E-state index in [-0.39, 0.29) is 12.3 Å². The number of H-pyrrole nitrogens is 1. The molecule has 1 heterocycles. The molecule has 0 fully saturated rings. The highest BCUT2D eigenvalue weighted by Crippen LogP contribution is 2.30. The lowest BCUT2D eigenvalue weighted by Gasteiger charge is -2.25. The second kappa shape index (κ2) is 6.92. The molecule has 0 saturated heterocycles. The Labute approximate surface area is 112 Å². The van der Waals surface area contributed by atoms with Gasteiger partial charge in [0.05, 0.1) is 11.7 Å². The molecule has 0 aromatic carbocycles. The van der Waals surface area contributed by atoms with Crippen LogP contribution in [-0.2, 0) is 16.0 Å². The summed E-state index contributed by atoms with van der Waals surface area (Å²) in [5, 5.41) is 12.0. The second-order valence-electron chi connectivity index (χ2n) is 4.65. The molecule has 6 heteroatoms. The van der Waals surface area contributed by atoms with Crippen molar-refractivity contribution in [3.8, 4) is 0 Å². The van der Waals surface area contributed by atoms with Gasteiger partial charge in [0.25, 0.3) is 0 Å². The summed E-state index contributed by atoms with van der Waals surface area (Å²) in [6.07, 6.45) is 4.87. The van der Waals surface area contributed by atoms with E-state index in [9.17, 15) is 14.7 Å². The van der Waals surface area contributed by atoms with Crippen molar-refractivity contribution in [3.63, 3.8) is 0 Å². The number of hydrogen-bond acceptors (Lipinski definition) is 3. The third kappa shape index (κ3) is 4.08. The SMILES string of the molecule is CCC(CC)(CC(=O)NCCc1cnc[nH]1)C(=O)O. The summed E-state index contributed by atoms with van der Waals surface area (Å²) >= 11 is 0. The molecule has 0 saturated carbocycles. The first-order valence-corrected chi connectivity index (χ1v) is 6.51. The van der Waals surface area contributed by atoms with Crippen molar-refractivity contribution in [2.75, 3.05) is 6.54 Å². The van der Waals surface area contributed by atoms with E-state index < -0.39 is 11.4 Å². The third-order valence-electron chi connectivity index (χ3n) is 3.58. The summed E-state index contributed by atoms with van der Waals surface area (Å²) in [7, 11) is 0. The van der Waals surface area contributed by atoms with Crippen LogP contribution in [0.5, 0.6) is 0 Å². The summed E-state index contributed by atoms with van der Waals surface area (Å²) in [4.78, 5) is 29.9. The molecule has 1 amide bonds. The minimum absolute atomic E-state index is 0.0261. The maximum atomic E-state index is 11.8. The number of aliphatic carboxylic acids is 1. The van der Waals surface area contributed by atoms with Gasteiger partial charge in [0.2, 0.25) is 5.91 Å². The van der Waals surface area contributed by atoms with E-state index >= 15 is 0 Å². The molecule has 1 aromatic heterocycles. The number of rotatable bonds is 8. The Morgan fingerprint density at radius 1 is 1.42 bits per heavy atom. The normalized spacial score (nSPS) is 11.3. The number of amides is 1. The zero-order chi connectivity index (χ0) is 14.3. The average Bonchev–Trinajstić information content (AvgIpc) is 2.89. The Morgan fingerprint density at radius 3 is 2.58 bits per heavy atom. The summed E-state index contributed by atoms with van der Waals surface area (Å²) < 4.78 is 0. The highest BCUT2D eigenvalue weighted by Gasteiger charge is 2.36. The molecular weight excluding hydrogens is 246 g/mol. The van der Waals surface area contributed by atoms with Crippen molar-refractivity contribution in [2.24, 2.45) is 5.41 Å². The number of imidazole rings is 1. The molecule has 0 spiro atoms. The van der Waals surface area contributed by atoms with Gasteiger partial charge in [-0.1, -0.05) is 13.8 Å². The van der Waals surface area contributed by atoms with Crippen molar-refractivity contribution in [1.82, 2.24) is 15.3 Å². The predicted octanol–water partition coefficient (Wildman–Crippen LogP) is 1.35. The number of aromatic amines is 1. The Kier molecular flexibility index (Phi) is 5.54. The van der Waals surface area contributed by atoms with Crippen molar-refractivity contribution in [1.29, 1.82) is 0 Å². The summed E-state index contributed by atoms with van der Waals surface area (Å²) in [5.41, 5.74) is -0.00582. The molecule has 0 atom stereocenters. The standard InChI is InChI=1S/C13H21N3O3/c1-3-13(4-2,12(18)19)7-11(17)15-6-5-10-8-14-9-16-10/h8-9H,3-7H2,1-2H3,(H,14,16)(H,15,17)(H,18,19). The molecule has 0 bridgehead atoms. The van der Waals surface area contributed by atoms with Crippen LogP contribution >= 0.6 is 0 Å². The molecule has 0 aliphatic rings. The first-order chi connectivity index (χ1) is 9.04. The quantitative estimate of drug-likeness (QED) is 0.662. The Hall–Kier alpha value is -1.85. The van der Waals surface area contributed by atoms with Gasteiger partial charge in [-0.2, -0.15) is 0 Å². The Morgan fingerprint density at radius 2 is 2.11 bits per heavy atom. The largest absolute Gasteiger partial charge is 0.481 e. The van der Waals surface area contributed by atoms with Gasteiger partial charge >= 0.3 is 5.97 Å². The lowest BCUT2D eigenvalue weighted by atomic mass is 9.79. The van der Waals surface area contributed by atoms with E-state index in [0.717, 1.165) is 5.69 Å². The average molecular weight is 267 g/mol. The van der Waals surface area contributed by atoms with E-state index in [2.05, 4.69) is 15.3 Å². The zero-order valence-electron chi connectivity index (χ0n) is 11.4. The van der Waals surface area contributed by atoms with Crippen LogP contribution in [0.15, 0.2) is 12.5 Å². The minimum Gasteiger partial charge on any atom is -0.481 e. The molecule has 0 radical (unpaired) electrons. The van der Waals surface area contributed by atoms with Crippen molar-refractivity contribution < 1.29 is 14.7 Å². The number of carboxylic acid groups (broad SMARTS) is 1. The van der Waals surface area contributed by atoms with Gasteiger partial charge in [0.1, 0.15) is 0 Å². The summed E-state index contributed by atoms with van der Waals surface area (Å²) in [6.45, 7) is 4.08. The van der Waals surface area contributed by atoms with E-state index in [1.807, 2.05) is 0 Å². The fraction of sp³-hybridized carbons (Fsp3) is 0.615. The van der Waals surface area contributed by atoms with E-state index in [1.54, 1.807) is 26.4 Å². The van der Waals surface area contributed by atoms with E-state index in [0.29, 0.717) is 25.8 Å². The molecule has 1 aromatic rings. The fourth-order valence-corrected chi connectivity index (χ4v) is 2.01. The Balaban J connectivity index is 2.43. The van der Waals surface area contributed by atoms with E-state index in [4.69, 9.17) is 0 Å². The molecule has 106 valence electrons. The predicted molar refractivity (Wildman–Crippen MR) is 70.6 cm³/mol. The smallest absolute Gasteiger partial charge is 0.310 e. The number of carbonyl (C=O) groups is 2.